The van der Waals surface area contributed by atoms with Gasteiger partial charge in [-0.25, -0.2) is 0 Å². The van der Waals surface area contributed by atoms with Gasteiger partial charge in [0.25, 0.3) is 0 Å². The monoisotopic (exact) mass is 265 g/mol. The molecule has 0 aromatic heterocycles. The van der Waals surface area contributed by atoms with Crippen molar-refractivity contribution < 1.29 is 9.59 Å². The maximum atomic E-state index is 11.3. The maximum Gasteiger partial charge on any atom is 0.220 e. The Morgan fingerprint density at radius 1 is 1.12 bits per heavy atom. The van der Waals surface area contributed by atoms with Gasteiger partial charge in [0.2, 0.25) is 11.8 Å². The van der Waals surface area contributed by atoms with Crippen molar-refractivity contribution in [2.75, 3.05) is 13.1 Å². The summed E-state index contributed by atoms with van der Waals surface area (Å²) < 4.78 is 0. The molecule has 0 fully saturated rings. The van der Waals surface area contributed by atoms with Crippen LogP contribution < -0.4 is 16.4 Å². The van der Waals surface area contributed by atoms with Crippen LogP contribution in [-0.2, 0) is 9.59 Å². The summed E-state index contributed by atoms with van der Waals surface area (Å²) in [5.41, 5.74) is 5.33. The Labute approximate surface area is 109 Å². The van der Waals surface area contributed by atoms with E-state index < -0.39 is 5.54 Å². The fourth-order valence-electron chi connectivity index (χ4n) is 1.11. The number of hydrogen-bond donors (Lipinski definition) is 3. The largest absolute Gasteiger partial charge is 0.356 e. The molecule has 0 spiro atoms. The zero-order valence-corrected chi connectivity index (χ0v) is 11.7. The fraction of sp³-hybridized carbons (Fsp3) is 0.818. The lowest BCUT2D eigenvalue weighted by Gasteiger charge is -2.18. The van der Waals surface area contributed by atoms with Gasteiger partial charge in [-0.2, -0.15) is 0 Å². The van der Waals surface area contributed by atoms with Crippen molar-refractivity contribution in [1.29, 1.82) is 0 Å². The molecule has 0 aliphatic rings. The first-order valence-corrected chi connectivity index (χ1v) is 5.67. The SMILES string of the molecule is CCNC(=O)CCCC(=O)NCC(C)(C)N.Cl. The predicted octanol–water partition coefficient (Wildman–Crippen LogP) is 0.568. The van der Waals surface area contributed by atoms with E-state index in [0.717, 1.165) is 0 Å². The minimum atomic E-state index is -0.394. The molecular weight excluding hydrogens is 242 g/mol. The van der Waals surface area contributed by atoms with Gasteiger partial charge in [0.1, 0.15) is 0 Å². The average molecular weight is 266 g/mol. The molecule has 0 saturated heterocycles. The predicted molar refractivity (Wildman–Crippen MR) is 71.1 cm³/mol. The summed E-state index contributed by atoms with van der Waals surface area (Å²) in [5, 5.41) is 5.42. The minimum Gasteiger partial charge on any atom is -0.356 e. The molecule has 0 bridgehead atoms. The number of halogens is 1. The van der Waals surface area contributed by atoms with Crippen LogP contribution in [0.5, 0.6) is 0 Å². The molecule has 4 N–H and O–H groups in total. The first-order chi connectivity index (χ1) is 7.35. The van der Waals surface area contributed by atoms with Crippen LogP contribution in [0, 0.1) is 0 Å². The molecule has 0 aromatic carbocycles. The third-order valence-corrected chi connectivity index (χ3v) is 1.92. The van der Waals surface area contributed by atoms with Crippen LogP contribution in [0.15, 0.2) is 0 Å². The van der Waals surface area contributed by atoms with Crippen LogP contribution >= 0.6 is 12.4 Å². The van der Waals surface area contributed by atoms with E-state index in [1.807, 2.05) is 20.8 Å². The van der Waals surface area contributed by atoms with Crippen molar-refractivity contribution in [3.8, 4) is 0 Å². The van der Waals surface area contributed by atoms with Crippen molar-refractivity contribution in [2.45, 2.75) is 45.6 Å². The summed E-state index contributed by atoms with van der Waals surface area (Å²) in [7, 11) is 0. The highest BCUT2D eigenvalue weighted by Crippen LogP contribution is 1.97. The van der Waals surface area contributed by atoms with Gasteiger partial charge in [-0.1, -0.05) is 0 Å². The Kier molecular flexibility index (Phi) is 10.1. The number of amides is 2. The van der Waals surface area contributed by atoms with Crippen molar-refractivity contribution in [3.05, 3.63) is 0 Å². The van der Waals surface area contributed by atoms with E-state index in [1.165, 1.54) is 0 Å². The number of carbonyl (C=O) groups excluding carboxylic acids is 2. The van der Waals surface area contributed by atoms with E-state index in [1.54, 1.807) is 0 Å². The molecule has 0 aliphatic carbocycles. The van der Waals surface area contributed by atoms with Gasteiger partial charge in [0.05, 0.1) is 0 Å². The molecule has 0 rings (SSSR count). The molecule has 0 heterocycles. The number of nitrogens with one attached hydrogen (secondary N) is 2. The third-order valence-electron chi connectivity index (χ3n) is 1.92. The number of nitrogens with two attached hydrogens (primary N) is 1. The van der Waals surface area contributed by atoms with Crippen molar-refractivity contribution in [3.63, 3.8) is 0 Å². The first kappa shape index (κ1) is 18.6. The molecule has 0 atom stereocenters. The number of hydrogen-bond acceptors (Lipinski definition) is 3. The molecule has 0 unspecified atom stereocenters. The Hall–Kier alpha value is -0.810. The van der Waals surface area contributed by atoms with E-state index >= 15 is 0 Å². The van der Waals surface area contributed by atoms with Crippen LogP contribution in [0.4, 0.5) is 0 Å². The second-order valence-electron chi connectivity index (χ2n) is 4.57. The number of carbonyl (C=O) groups is 2. The highest BCUT2D eigenvalue weighted by atomic mass is 35.5. The molecule has 0 aliphatic heterocycles. The lowest BCUT2D eigenvalue weighted by molar-refractivity contribution is -0.122. The van der Waals surface area contributed by atoms with Gasteiger partial charge in [0, 0.05) is 31.5 Å². The van der Waals surface area contributed by atoms with Gasteiger partial charge >= 0.3 is 0 Å². The number of rotatable bonds is 7. The summed E-state index contributed by atoms with van der Waals surface area (Å²) in [6.07, 6.45) is 1.34. The summed E-state index contributed by atoms with van der Waals surface area (Å²) in [6.45, 7) is 6.65. The molecule has 2 amide bonds. The first-order valence-electron chi connectivity index (χ1n) is 5.67. The van der Waals surface area contributed by atoms with Gasteiger partial charge < -0.3 is 16.4 Å². The summed E-state index contributed by atoms with van der Waals surface area (Å²) in [6, 6.07) is 0. The highest BCUT2D eigenvalue weighted by Gasteiger charge is 2.12. The van der Waals surface area contributed by atoms with Crippen molar-refractivity contribution >= 4 is 24.2 Å². The maximum absolute atomic E-state index is 11.3. The smallest absolute Gasteiger partial charge is 0.220 e. The Morgan fingerprint density at radius 3 is 2.00 bits per heavy atom. The minimum absolute atomic E-state index is 0. The summed E-state index contributed by atoms with van der Waals surface area (Å²) >= 11 is 0. The standard InChI is InChI=1S/C11H23N3O2.ClH/c1-4-13-9(15)6-5-7-10(16)14-8-11(2,3)12;/h4-8,12H2,1-3H3,(H,13,15)(H,14,16);1H. The van der Waals surface area contributed by atoms with E-state index in [9.17, 15) is 9.59 Å². The Bertz CT molecular complexity index is 239. The molecule has 17 heavy (non-hydrogen) atoms. The molecule has 6 heteroatoms. The van der Waals surface area contributed by atoms with Crippen molar-refractivity contribution in [2.24, 2.45) is 5.73 Å². The second kappa shape index (κ2) is 9.24. The van der Waals surface area contributed by atoms with Crippen LogP contribution in [0.25, 0.3) is 0 Å². The van der Waals surface area contributed by atoms with Gasteiger partial charge in [0.15, 0.2) is 0 Å². The van der Waals surface area contributed by atoms with Crippen LogP contribution in [-0.4, -0.2) is 30.4 Å². The van der Waals surface area contributed by atoms with E-state index in [-0.39, 0.29) is 24.2 Å². The van der Waals surface area contributed by atoms with Crippen LogP contribution in [0.3, 0.4) is 0 Å². The lowest BCUT2D eigenvalue weighted by atomic mass is 10.1. The van der Waals surface area contributed by atoms with Crippen LogP contribution in [0.1, 0.15) is 40.0 Å². The van der Waals surface area contributed by atoms with Gasteiger partial charge in [-0.15, -0.1) is 12.4 Å². The molecule has 5 nitrogen and oxygen atoms in total. The summed E-state index contributed by atoms with van der Waals surface area (Å²) in [5.74, 6) is -0.0581. The normalized spacial score (nSPS) is 10.4. The average Bonchev–Trinajstić information content (AvgIpc) is 2.14. The van der Waals surface area contributed by atoms with E-state index in [2.05, 4.69) is 10.6 Å². The summed E-state index contributed by atoms with van der Waals surface area (Å²) in [4.78, 5) is 22.4. The lowest BCUT2D eigenvalue weighted by Crippen LogP contribution is -2.45. The van der Waals surface area contributed by atoms with Gasteiger partial charge in [-0.05, 0) is 27.2 Å². The van der Waals surface area contributed by atoms with Crippen molar-refractivity contribution in [1.82, 2.24) is 10.6 Å². The molecule has 0 saturated carbocycles. The second-order valence-corrected chi connectivity index (χ2v) is 4.57. The molecular formula is C11H24ClN3O2. The molecule has 0 radical (unpaired) electrons. The zero-order valence-electron chi connectivity index (χ0n) is 10.8. The molecule has 0 aromatic rings. The Morgan fingerprint density at radius 2 is 1.59 bits per heavy atom. The topological polar surface area (TPSA) is 84.2 Å². The van der Waals surface area contributed by atoms with E-state index in [0.29, 0.717) is 32.4 Å². The van der Waals surface area contributed by atoms with E-state index in [4.69, 9.17) is 5.73 Å². The zero-order chi connectivity index (χ0) is 12.6. The van der Waals surface area contributed by atoms with Gasteiger partial charge in [-0.3, -0.25) is 9.59 Å². The highest BCUT2D eigenvalue weighted by molar-refractivity contribution is 5.85. The molecule has 102 valence electrons. The Balaban J connectivity index is 0. The quantitative estimate of drug-likeness (QED) is 0.629. The third kappa shape index (κ3) is 13.1. The van der Waals surface area contributed by atoms with Crippen LogP contribution in [0.2, 0.25) is 0 Å². The fourth-order valence-corrected chi connectivity index (χ4v) is 1.11.